The zero-order chi connectivity index (χ0) is 16.9. The van der Waals surface area contributed by atoms with Crippen molar-refractivity contribution in [3.8, 4) is 5.75 Å². The number of ether oxygens (including phenoxy) is 2. The molecular weight excluding hydrogens is 292 g/mol. The van der Waals surface area contributed by atoms with Crippen LogP contribution in [0.4, 0.5) is 10.5 Å². The summed E-state index contributed by atoms with van der Waals surface area (Å²) in [6.07, 6.45) is 2.91. The Bertz CT molecular complexity index is 532. The maximum atomic E-state index is 12.1. The molecule has 0 aliphatic carbocycles. The first-order chi connectivity index (χ1) is 10.9. The minimum atomic E-state index is -0.517. The highest BCUT2D eigenvalue weighted by molar-refractivity contribution is 5.86. The van der Waals surface area contributed by atoms with Gasteiger partial charge in [0.05, 0.1) is 12.8 Å². The van der Waals surface area contributed by atoms with Crippen molar-refractivity contribution >= 4 is 11.8 Å². The van der Waals surface area contributed by atoms with Crippen molar-refractivity contribution < 1.29 is 14.3 Å². The average molecular weight is 320 g/mol. The molecule has 23 heavy (non-hydrogen) atoms. The second-order valence-corrected chi connectivity index (χ2v) is 7.07. The van der Waals surface area contributed by atoms with Crippen molar-refractivity contribution in [3.63, 3.8) is 0 Å². The predicted molar refractivity (Wildman–Crippen MR) is 92.1 cm³/mol. The first kappa shape index (κ1) is 17.6. The molecule has 0 saturated carbocycles. The van der Waals surface area contributed by atoms with Crippen LogP contribution in [0.2, 0.25) is 0 Å². The minimum Gasteiger partial charge on any atom is -0.497 e. The molecule has 1 aromatic rings. The number of benzene rings is 1. The number of methoxy groups -OCH3 is 1. The Labute approximate surface area is 138 Å². The van der Waals surface area contributed by atoms with Crippen LogP contribution in [-0.4, -0.2) is 31.9 Å². The monoisotopic (exact) mass is 320 g/mol. The maximum Gasteiger partial charge on any atom is 0.412 e. The number of piperidine rings is 1. The van der Waals surface area contributed by atoms with Crippen molar-refractivity contribution in [1.29, 1.82) is 0 Å². The van der Waals surface area contributed by atoms with E-state index in [1.807, 2.05) is 39.0 Å². The molecule has 5 heteroatoms. The SMILES string of the molecule is COc1ccc(CC2CCCNC2)c(NC(=O)OC(C)(C)C)c1. The van der Waals surface area contributed by atoms with Gasteiger partial charge in [-0.1, -0.05) is 6.07 Å². The Morgan fingerprint density at radius 3 is 2.78 bits per heavy atom. The lowest BCUT2D eigenvalue weighted by atomic mass is 9.91. The number of nitrogens with one attached hydrogen (secondary N) is 2. The molecule has 0 aromatic heterocycles. The third-order valence-corrected chi connectivity index (χ3v) is 3.86. The van der Waals surface area contributed by atoms with Crippen LogP contribution < -0.4 is 15.4 Å². The number of anilines is 1. The summed E-state index contributed by atoms with van der Waals surface area (Å²) in [5.74, 6) is 1.32. The Morgan fingerprint density at radius 1 is 1.39 bits per heavy atom. The van der Waals surface area contributed by atoms with E-state index >= 15 is 0 Å². The maximum absolute atomic E-state index is 12.1. The van der Waals surface area contributed by atoms with E-state index in [-0.39, 0.29) is 0 Å². The van der Waals surface area contributed by atoms with Crippen LogP contribution in [0.3, 0.4) is 0 Å². The molecule has 1 aromatic carbocycles. The van der Waals surface area contributed by atoms with Crippen molar-refractivity contribution in [2.24, 2.45) is 5.92 Å². The molecule has 128 valence electrons. The fourth-order valence-corrected chi connectivity index (χ4v) is 2.80. The predicted octanol–water partition coefficient (Wildman–Crippen LogP) is 3.58. The first-order valence-electron chi connectivity index (χ1n) is 8.25. The van der Waals surface area contributed by atoms with Crippen LogP contribution in [0.15, 0.2) is 18.2 Å². The van der Waals surface area contributed by atoms with Gasteiger partial charge in [-0.3, -0.25) is 5.32 Å². The fourth-order valence-electron chi connectivity index (χ4n) is 2.80. The van der Waals surface area contributed by atoms with Crippen LogP contribution in [-0.2, 0) is 11.2 Å². The number of amides is 1. The molecule has 2 N–H and O–H groups in total. The normalized spacial score (nSPS) is 18.3. The van der Waals surface area contributed by atoms with Gasteiger partial charge in [-0.05, 0) is 70.7 Å². The van der Waals surface area contributed by atoms with Gasteiger partial charge in [-0.15, -0.1) is 0 Å². The number of rotatable bonds is 4. The van der Waals surface area contributed by atoms with Crippen molar-refractivity contribution in [3.05, 3.63) is 23.8 Å². The molecule has 1 amide bonds. The number of carbonyl (C=O) groups is 1. The Balaban J connectivity index is 2.12. The molecule has 5 nitrogen and oxygen atoms in total. The summed E-state index contributed by atoms with van der Waals surface area (Å²) >= 11 is 0. The summed E-state index contributed by atoms with van der Waals surface area (Å²) in [5.41, 5.74) is 1.37. The molecule has 1 saturated heterocycles. The smallest absolute Gasteiger partial charge is 0.412 e. The van der Waals surface area contributed by atoms with E-state index in [1.54, 1.807) is 7.11 Å². The molecule has 1 atom stereocenters. The van der Waals surface area contributed by atoms with E-state index in [1.165, 1.54) is 12.8 Å². The number of hydrogen-bond donors (Lipinski definition) is 2. The summed E-state index contributed by atoms with van der Waals surface area (Å²) in [6.45, 7) is 7.69. The van der Waals surface area contributed by atoms with E-state index in [9.17, 15) is 4.79 Å². The molecular formula is C18H28N2O3. The van der Waals surface area contributed by atoms with Crippen LogP contribution >= 0.6 is 0 Å². The summed E-state index contributed by atoms with van der Waals surface area (Å²) in [6, 6.07) is 5.82. The van der Waals surface area contributed by atoms with Gasteiger partial charge in [0.15, 0.2) is 0 Å². The second-order valence-electron chi connectivity index (χ2n) is 7.07. The average Bonchev–Trinajstić information content (AvgIpc) is 2.48. The zero-order valence-electron chi connectivity index (χ0n) is 14.6. The van der Waals surface area contributed by atoms with Crippen LogP contribution in [0.1, 0.15) is 39.2 Å². The van der Waals surface area contributed by atoms with Crippen LogP contribution in [0.25, 0.3) is 0 Å². The molecule has 0 radical (unpaired) electrons. The molecule has 1 aliphatic rings. The molecule has 2 rings (SSSR count). The lowest BCUT2D eigenvalue weighted by molar-refractivity contribution is 0.0635. The van der Waals surface area contributed by atoms with E-state index in [2.05, 4.69) is 10.6 Å². The summed E-state index contributed by atoms with van der Waals surface area (Å²) in [4.78, 5) is 12.1. The molecule has 1 heterocycles. The highest BCUT2D eigenvalue weighted by atomic mass is 16.6. The molecule has 1 aliphatic heterocycles. The minimum absolute atomic E-state index is 0.436. The van der Waals surface area contributed by atoms with Gasteiger partial charge in [-0.25, -0.2) is 4.79 Å². The second kappa shape index (κ2) is 7.68. The zero-order valence-corrected chi connectivity index (χ0v) is 14.6. The van der Waals surface area contributed by atoms with E-state index in [0.29, 0.717) is 5.92 Å². The third kappa shape index (κ3) is 5.75. The lowest BCUT2D eigenvalue weighted by Crippen LogP contribution is -2.31. The molecule has 1 unspecified atom stereocenters. The van der Waals surface area contributed by atoms with Crippen molar-refractivity contribution in [2.75, 3.05) is 25.5 Å². The number of hydrogen-bond acceptors (Lipinski definition) is 4. The number of carbonyl (C=O) groups excluding carboxylic acids is 1. The Morgan fingerprint density at radius 2 is 2.17 bits per heavy atom. The topological polar surface area (TPSA) is 59.6 Å². The highest BCUT2D eigenvalue weighted by Gasteiger charge is 2.19. The Kier molecular flexibility index (Phi) is 5.88. The van der Waals surface area contributed by atoms with Crippen LogP contribution in [0.5, 0.6) is 5.75 Å². The standard InChI is InChI=1S/C18H28N2O3/c1-18(2,3)23-17(21)20-16-11-15(22-4)8-7-14(16)10-13-6-5-9-19-12-13/h7-8,11,13,19H,5-6,9-10,12H2,1-4H3,(H,20,21). The van der Waals surface area contributed by atoms with Gasteiger partial charge in [0.25, 0.3) is 0 Å². The van der Waals surface area contributed by atoms with Gasteiger partial charge in [0.1, 0.15) is 11.4 Å². The highest BCUT2D eigenvalue weighted by Crippen LogP contribution is 2.27. The summed E-state index contributed by atoms with van der Waals surface area (Å²) in [7, 11) is 1.62. The van der Waals surface area contributed by atoms with Crippen molar-refractivity contribution in [2.45, 2.75) is 45.6 Å². The summed E-state index contributed by atoms with van der Waals surface area (Å²) < 4.78 is 10.6. The van der Waals surface area contributed by atoms with E-state index in [4.69, 9.17) is 9.47 Å². The fraction of sp³-hybridized carbons (Fsp3) is 0.611. The van der Waals surface area contributed by atoms with Gasteiger partial charge < -0.3 is 14.8 Å². The van der Waals surface area contributed by atoms with Gasteiger partial charge >= 0.3 is 6.09 Å². The van der Waals surface area contributed by atoms with Crippen molar-refractivity contribution in [1.82, 2.24) is 5.32 Å². The largest absolute Gasteiger partial charge is 0.497 e. The van der Waals surface area contributed by atoms with Gasteiger partial charge in [0.2, 0.25) is 0 Å². The molecule has 0 spiro atoms. The molecule has 0 bridgehead atoms. The van der Waals surface area contributed by atoms with E-state index < -0.39 is 11.7 Å². The third-order valence-electron chi connectivity index (χ3n) is 3.86. The summed E-state index contributed by atoms with van der Waals surface area (Å²) in [5, 5.41) is 6.30. The lowest BCUT2D eigenvalue weighted by Gasteiger charge is -2.24. The first-order valence-corrected chi connectivity index (χ1v) is 8.25. The van der Waals surface area contributed by atoms with Gasteiger partial charge in [-0.2, -0.15) is 0 Å². The quantitative estimate of drug-likeness (QED) is 0.890. The van der Waals surface area contributed by atoms with Gasteiger partial charge in [0, 0.05) is 6.07 Å². The van der Waals surface area contributed by atoms with E-state index in [0.717, 1.165) is 36.5 Å². The Hall–Kier alpha value is -1.75. The molecule has 1 fully saturated rings. The van der Waals surface area contributed by atoms with Crippen LogP contribution in [0, 0.1) is 5.92 Å².